The molecule has 1 atom stereocenters. The Balaban J connectivity index is 2.08. The lowest BCUT2D eigenvalue weighted by atomic mass is 9.90. The predicted molar refractivity (Wildman–Crippen MR) is 125 cm³/mol. The van der Waals surface area contributed by atoms with E-state index in [1.54, 1.807) is 11.8 Å². The van der Waals surface area contributed by atoms with E-state index >= 15 is 0 Å². The summed E-state index contributed by atoms with van der Waals surface area (Å²) in [6.45, 7) is 12.0. The summed E-state index contributed by atoms with van der Waals surface area (Å²) < 4.78 is 5.41. The van der Waals surface area contributed by atoms with Crippen molar-refractivity contribution in [1.82, 2.24) is 9.80 Å². The number of amides is 1. The Bertz CT molecular complexity index is 994. The van der Waals surface area contributed by atoms with Crippen molar-refractivity contribution < 1.29 is 14.3 Å². The quantitative estimate of drug-likeness (QED) is 0.599. The van der Waals surface area contributed by atoms with E-state index in [0.29, 0.717) is 17.9 Å². The van der Waals surface area contributed by atoms with Gasteiger partial charge in [0, 0.05) is 18.8 Å². The molecule has 0 fully saturated rings. The highest BCUT2D eigenvalue weighted by Crippen LogP contribution is 2.45. The molecule has 0 aromatic heterocycles. The van der Waals surface area contributed by atoms with Crippen LogP contribution >= 0.6 is 11.8 Å². The number of benzene rings is 1. The molecule has 3 rings (SSSR count). The lowest BCUT2D eigenvalue weighted by molar-refractivity contribution is -0.139. The van der Waals surface area contributed by atoms with Crippen LogP contribution in [0.5, 0.6) is 0 Å². The summed E-state index contributed by atoms with van der Waals surface area (Å²) in [7, 11) is 1.82. The Labute approximate surface area is 189 Å². The van der Waals surface area contributed by atoms with E-state index in [1.807, 2.05) is 38.1 Å². The van der Waals surface area contributed by atoms with E-state index in [0.717, 1.165) is 27.6 Å². The number of fused-ring (bicyclic) bond motifs is 1. The Kier molecular flexibility index (Phi) is 6.94. The maximum absolute atomic E-state index is 13.0. The Morgan fingerprint density at radius 2 is 1.97 bits per heavy atom. The van der Waals surface area contributed by atoms with Crippen LogP contribution in [0.15, 0.2) is 45.6 Å². The highest BCUT2D eigenvalue weighted by molar-refractivity contribution is 8.16. The van der Waals surface area contributed by atoms with E-state index in [-0.39, 0.29) is 30.4 Å². The molecular formula is C24H31N3O3S. The number of aryl methyl sites for hydroxylation is 2. The summed E-state index contributed by atoms with van der Waals surface area (Å²) in [6.07, 6.45) is 0.247. The Hall–Kier alpha value is -2.54. The monoisotopic (exact) mass is 441 g/mol. The average molecular weight is 442 g/mol. The van der Waals surface area contributed by atoms with Crippen LogP contribution in [-0.4, -0.2) is 46.5 Å². The van der Waals surface area contributed by atoms with Crippen molar-refractivity contribution in [2.45, 2.75) is 60.0 Å². The molecule has 2 heterocycles. The minimum absolute atomic E-state index is 0.0337. The number of hydrogen-bond acceptors (Lipinski definition) is 6. The van der Waals surface area contributed by atoms with Gasteiger partial charge in [-0.2, -0.15) is 0 Å². The van der Waals surface area contributed by atoms with Crippen LogP contribution in [0, 0.1) is 13.8 Å². The molecule has 0 bridgehead atoms. The van der Waals surface area contributed by atoms with Gasteiger partial charge in [-0.05, 0) is 58.1 Å². The molecule has 6 nitrogen and oxygen atoms in total. The summed E-state index contributed by atoms with van der Waals surface area (Å²) >= 11 is 1.49. The number of esters is 1. The molecule has 1 amide bonds. The van der Waals surface area contributed by atoms with Gasteiger partial charge in [0.25, 0.3) is 0 Å². The molecule has 1 aromatic rings. The zero-order valence-corrected chi connectivity index (χ0v) is 20.2. The van der Waals surface area contributed by atoms with Crippen molar-refractivity contribution in [1.29, 1.82) is 0 Å². The van der Waals surface area contributed by atoms with Gasteiger partial charge in [0.1, 0.15) is 0 Å². The zero-order valence-electron chi connectivity index (χ0n) is 19.4. The normalized spacial score (nSPS) is 18.1. The fraction of sp³-hybridized carbons (Fsp3) is 0.458. The van der Waals surface area contributed by atoms with Gasteiger partial charge >= 0.3 is 5.97 Å². The molecule has 0 radical (unpaired) electrons. The topological polar surface area (TPSA) is 62.2 Å². The molecule has 1 aromatic carbocycles. The maximum atomic E-state index is 13.0. The van der Waals surface area contributed by atoms with Crippen molar-refractivity contribution in [2.24, 2.45) is 4.99 Å². The number of hydrogen-bond donors (Lipinski definition) is 0. The van der Waals surface area contributed by atoms with Crippen molar-refractivity contribution in [3.05, 3.63) is 57.3 Å². The minimum Gasteiger partial charge on any atom is -0.463 e. The highest BCUT2D eigenvalue weighted by Gasteiger charge is 2.41. The molecule has 166 valence electrons. The third-order valence-electron chi connectivity index (χ3n) is 5.72. The minimum atomic E-state index is -0.384. The number of aliphatic imine (C=N–C) groups is 1. The molecule has 2 aliphatic rings. The molecule has 0 N–H and O–H groups in total. The molecule has 2 aliphatic heterocycles. The second-order valence-electron chi connectivity index (χ2n) is 8.25. The van der Waals surface area contributed by atoms with E-state index in [4.69, 9.17) is 9.73 Å². The van der Waals surface area contributed by atoms with Crippen LogP contribution in [0.3, 0.4) is 0 Å². The summed E-state index contributed by atoms with van der Waals surface area (Å²) in [5.74, 6) is -0.332. The van der Waals surface area contributed by atoms with E-state index in [2.05, 4.69) is 32.0 Å². The predicted octanol–water partition coefficient (Wildman–Crippen LogP) is 4.70. The lowest BCUT2D eigenvalue weighted by Gasteiger charge is -2.37. The van der Waals surface area contributed by atoms with Gasteiger partial charge in [-0.25, -0.2) is 9.79 Å². The number of nitrogens with zero attached hydrogens (tertiary/aromatic N) is 3. The molecule has 0 saturated heterocycles. The first-order chi connectivity index (χ1) is 14.6. The van der Waals surface area contributed by atoms with Crippen LogP contribution in [0.2, 0.25) is 0 Å². The van der Waals surface area contributed by atoms with E-state index in [9.17, 15) is 9.59 Å². The molecule has 1 unspecified atom stereocenters. The number of rotatable bonds is 6. The second kappa shape index (κ2) is 9.30. The van der Waals surface area contributed by atoms with Gasteiger partial charge < -0.3 is 14.5 Å². The summed E-state index contributed by atoms with van der Waals surface area (Å²) in [6, 6.07) is 5.96. The van der Waals surface area contributed by atoms with Crippen LogP contribution in [0.25, 0.3) is 0 Å². The third-order valence-corrected chi connectivity index (χ3v) is 6.60. The molecule has 0 aliphatic carbocycles. The van der Waals surface area contributed by atoms with E-state index in [1.165, 1.54) is 11.8 Å². The Morgan fingerprint density at radius 3 is 2.58 bits per heavy atom. The number of carbonyl (C=O) groups is 2. The van der Waals surface area contributed by atoms with Crippen LogP contribution < -0.4 is 0 Å². The fourth-order valence-corrected chi connectivity index (χ4v) is 4.80. The van der Waals surface area contributed by atoms with Crippen LogP contribution in [0.4, 0.5) is 0 Å². The van der Waals surface area contributed by atoms with Crippen LogP contribution in [-0.2, 0) is 14.3 Å². The largest absolute Gasteiger partial charge is 0.463 e. The lowest BCUT2D eigenvalue weighted by Crippen LogP contribution is -2.39. The SMILES string of the molecule is CCOC(=O)C1=C(C)N=C2SC=C(CC(=O)N(C)C(C)C)N2C1c1ccc(C)cc1C. The van der Waals surface area contributed by atoms with Gasteiger partial charge in [0.15, 0.2) is 5.17 Å². The number of amidine groups is 1. The molecule has 0 spiro atoms. The first-order valence-electron chi connectivity index (χ1n) is 10.6. The first-order valence-corrected chi connectivity index (χ1v) is 11.5. The third kappa shape index (κ3) is 4.56. The number of carbonyl (C=O) groups excluding carboxylic acids is 2. The first kappa shape index (κ1) is 23.1. The number of ether oxygens (including phenoxy) is 1. The van der Waals surface area contributed by atoms with E-state index < -0.39 is 0 Å². The summed E-state index contributed by atoms with van der Waals surface area (Å²) in [5.41, 5.74) is 5.28. The van der Waals surface area contributed by atoms with Crippen LogP contribution in [0.1, 0.15) is 56.8 Å². The van der Waals surface area contributed by atoms with Gasteiger partial charge in [0.2, 0.25) is 5.91 Å². The summed E-state index contributed by atoms with van der Waals surface area (Å²) in [4.78, 5) is 34.3. The fourth-order valence-electron chi connectivity index (χ4n) is 3.83. The average Bonchev–Trinajstić information content (AvgIpc) is 3.08. The van der Waals surface area contributed by atoms with Crippen molar-refractivity contribution in [2.75, 3.05) is 13.7 Å². The van der Waals surface area contributed by atoms with Gasteiger partial charge in [-0.15, -0.1) is 0 Å². The molecule has 31 heavy (non-hydrogen) atoms. The smallest absolute Gasteiger partial charge is 0.338 e. The van der Waals surface area contributed by atoms with Gasteiger partial charge in [-0.3, -0.25) is 4.79 Å². The number of thioether (sulfide) groups is 1. The standard InChI is InChI=1S/C24H31N3O3S/c1-8-30-23(29)21-17(6)25-24-27(22(21)19-10-9-15(4)11-16(19)5)18(13-31-24)12-20(28)26(7)14(2)3/h9-11,13-14,22H,8,12H2,1-7H3. The van der Waals surface area contributed by atoms with Crippen molar-refractivity contribution >= 4 is 28.8 Å². The molecule has 7 heteroatoms. The van der Waals surface area contributed by atoms with Gasteiger partial charge in [-0.1, -0.05) is 35.5 Å². The van der Waals surface area contributed by atoms with Crippen molar-refractivity contribution in [3.8, 4) is 0 Å². The Morgan fingerprint density at radius 1 is 1.26 bits per heavy atom. The second-order valence-corrected chi connectivity index (χ2v) is 9.09. The highest BCUT2D eigenvalue weighted by atomic mass is 32.2. The maximum Gasteiger partial charge on any atom is 0.338 e. The van der Waals surface area contributed by atoms with Crippen molar-refractivity contribution in [3.63, 3.8) is 0 Å². The van der Waals surface area contributed by atoms with Gasteiger partial charge in [0.05, 0.1) is 30.3 Å². The molecule has 0 saturated carbocycles. The zero-order chi connectivity index (χ0) is 22.9. The number of allylic oxidation sites excluding steroid dienone is 1. The molecular weight excluding hydrogens is 410 g/mol. The summed E-state index contributed by atoms with van der Waals surface area (Å²) in [5, 5.41) is 2.76.